The van der Waals surface area contributed by atoms with Gasteiger partial charge in [-0.3, -0.25) is 19.4 Å². The van der Waals surface area contributed by atoms with Gasteiger partial charge >= 0.3 is 0 Å². The van der Waals surface area contributed by atoms with Gasteiger partial charge in [0, 0.05) is 52.1 Å². The van der Waals surface area contributed by atoms with Crippen LogP contribution in [0.5, 0.6) is 0 Å². The number of nitrogens with two attached hydrogens (primary N) is 2. The molecular formula is C52H102N6O4. The Kier molecular flexibility index (Phi) is 38.2. The second-order valence-electron chi connectivity index (χ2n) is 18.8. The van der Waals surface area contributed by atoms with Gasteiger partial charge in [0.1, 0.15) is 0 Å². The van der Waals surface area contributed by atoms with E-state index in [1.807, 2.05) is 0 Å². The van der Waals surface area contributed by atoms with E-state index in [-0.39, 0.29) is 49.1 Å². The van der Waals surface area contributed by atoms with Crippen LogP contribution >= 0.6 is 0 Å². The highest BCUT2D eigenvalue weighted by molar-refractivity contribution is 5.76. The van der Waals surface area contributed by atoms with Crippen molar-refractivity contribution in [3.63, 3.8) is 0 Å². The first-order valence-electron chi connectivity index (χ1n) is 26.3. The summed E-state index contributed by atoms with van der Waals surface area (Å²) in [4.78, 5) is 31.6. The molecule has 364 valence electrons. The highest BCUT2D eigenvalue weighted by Crippen LogP contribution is 2.23. The molecule has 6 atom stereocenters. The Morgan fingerprint density at radius 2 is 0.806 bits per heavy atom. The third-order valence-electron chi connectivity index (χ3n) is 13.1. The van der Waals surface area contributed by atoms with Gasteiger partial charge in [-0.25, -0.2) is 0 Å². The lowest BCUT2D eigenvalue weighted by molar-refractivity contribution is -0.126. The van der Waals surface area contributed by atoms with Crippen LogP contribution in [-0.2, 0) is 9.59 Å². The number of hydrogen-bond donors (Lipinski definition) is 6. The Morgan fingerprint density at radius 3 is 1.11 bits per heavy atom. The maximum Gasteiger partial charge on any atom is 0.221 e. The van der Waals surface area contributed by atoms with Crippen LogP contribution in [-0.4, -0.2) is 95.6 Å². The normalized spacial score (nSPS) is 17.0. The number of hydrogen-bond acceptors (Lipinski definition) is 8. The number of nitrogens with zero attached hydrogens (tertiary/aromatic N) is 2. The molecule has 8 N–H and O–H groups in total. The summed E-state index contributed by atoms with van der Waals surface area (Å²) in [5, 5.41) is 27.4. The van der Waals surface area contributed by atoms with Crippen molar-refractivity contribution in [3.8, 4) is 0 Å². The molecule has 10 nitrogen and oxygen atoms in total. The molecule has 2 amide bonds. The molecule has 0 spiro atoms. The minimum Gasteiger partial charge on any atom is -0.392 e. The number of aliphatic hydroxyl groups excluding tert-OH is 2. The Morgan fingerprint density at radius 1 is 0.500 bits per heavy atom. The van der Waals surface area contributed by atoms with Gasteiger partial charge in [0.2, 0.25) is 11.8 Å². The van der Waals surface area contributed by atoms with Crippen LogP contribution in [0.1, 0.15) is 220 Å². The number of nitrogens with one attached hydrogen (secondary N) is 2. The van der Waals surface area contributed by atoms with Crippen LogP contribution in [0.3, 0.4) is 0 Å². The van der Waals surface area contributed by atoms with E-state index in [0.29, 0.717) is 25.7 Å². The second-order valence-corrected chi connectivity index (χ2v) is 18.8. The van der Waals surface area contributed by atoms with Crippen molar-refractivity contribution < 1.29 is 19.8 Å². The Labute approximate surface area is 382 Å². The number of carbonyl (C=O) groups is 2. The molecule has 0 saturated carbocycles. The molecule has 1 saturated heterocycles. The standard InChI is InChI=1S/C52H102N6O4/c1-5-9-11-13-15-17-19-21-23-25-27-29-31-33-45(39-47(59)43-53)41-51(61)55-49(7-3)57-35-37-58(38-36-57)50(8-4)56-52(62)42-46(40-48(60)44-54)34-32-30-28-26-24-22-20-18-16-14-12-10-6-2/h21-24,45-50,59-60H,5-20,25-44,53-54H2,1-4H3,(H,55,61)(H,56,62)/b23-21-,24-22-. The first kappa shape index (κ1) is 58.2. The Bertz CT molecular complexity index is 1020. The smallest absolute Gasteiger partial charge is 0.221 e. The predicted octanol–water partition coefficient (Wildman–Crippen LogP) is 10.3. The number of amides is 2. The third kappa shape index (κ3) is 31.1. The van der Waals surface area contributed by atoms with Gasteiger partial charge in [0.05, 0.1) is 24.5 Å². The number of unbranched alkanes of at least 4 members (excludes halogenated alkanes) is 18. The molecule has 6 unspecified atom stereocenters. The van der Waals surface area contributed by atoms with E-state index in [2.05, 4.69) is 72.4 Å². The van der Waals surface area contributed by atoms with E-state index in [9.17, 15) is 19.8 Å². The maximum absolute atomic E-state index is 13.4. The highest BCUT2D eigenvalue weighted by Gasteiger charge is 2.29. The van der Waals surface area contributed by atoms with Gasteiger partial charge in [0.25, 0.3) is 0 Å². The van der Waals surface area contributed by atoms with E-state index in [1.165, 1.54) is 89.9 Å². The molecule has 0 aromatic carbocycles. The molecule has 1 aliphatic heterocycles. The summed E-state index contributed by atoms with van der Waals surface area (Å²) in [5.74, 6) is 0.333. The van der Waals surface area contributed by atoms with Gasteiger partial charge in [-0.15, -0.1) is 0 Å². The highest BCUT2D eigenvalue weighted by atomic mass is 16.3. The molecule has 0 aliphatic carbocycles. The number of allylic oxidation sites excluding steroid dienone is 4. The molecule has 0 bridgehead atoms. The van der Waals surface area contributed by atoms with E-state index in [4.69, 9.17) is 11.5 Å². The molecule has 1 aliphatic rings. The summed E-state index contributed by atoms with van der Waals surface area (Å²) in [6.45, 7) is 12.5. The fraction of sp³-hybridized carbons (Fsp3) is 0.885. The summed E-state index contributed by atoms with van der Waals surface area (Å²) in [6.07, 6.45) is 40.9. The first-order chi connectivity index (χ1) is 30.2. The van der Waals surface area contributed by atoms with E-state index in [0.717, 1.165) is 103 Å². The molecule has 1 heterocycles. The summed E-state index contributed by atoms with van der Waals surface area (Å²) in [7, 11) is 0. The van der Waals surface area contributed by atoms with Crippen LogP contribution in [0.2, 0.25) is 0 Å². The molecule has 10 heteroatoms. The summed E-state index contributed by atoms with van der Waals surface area (Å²) in [6, 6.07) is 0. The first-order valence-corrected chi connectivity index (χ1v) is 26.3. The lowest BCUT2D eigenvalue weighted by atomic mass is 9.91. The Hall–Kier alpha value is -1.82. The topological polar surface area (TPSA) is 157 Å². The zero-order valence-corrected chi connectivity index (χ0v) is 41.0. The largest absolute Gasteiger partial charge is 0.392 e. The van der Waals surface area contributed by atoms with Crippen LogP contribution < -0.4 is 22.1 Å². The SMILES string of the molecule is CCCCCCCC/C=C\CCCCCC(CC(=O)NC(CC)N1CCN(C(CC)NC(=O)CC(CCCCC/C=C\CCCCCCCC)CC(O)CN)CC1)CC(O)CN. The molecule has 62 heavy (non-hydrogen) atoms. The average Bonchev–Trinajstić information content (AvgIpc) is 3.27. The fourth-order valence-electron chi connectivity index (χ4n) is 9.15. The zero-order valence-electron chi connectivity index (χ0n) is 41.0. The average molecular weight is 875 g/mol. The quantitative estimate of drug-likeness (QED) is 0.0261. The Balaban J connectivity index is 2.50. The van der Waals surface area contributed by atoms with Crippen molar-refractivity contribution in [1.29, 1.82) is 0 Å². The summed E-state index contributed by atoms with van der Waals surface area (Å²) < 4.78 is 0. The predicted molar refractivity (Wildman–Crippen MR) is 264 cm³/mol. The van der Waals surface area contributed by atoms with Crippen molar-refractivity contribution in [2.45, 2.75) is 245 Å². The van der Waals surface area contributed by atoms with Crippen molar-refractivity contribution >= 4 is 11.8 Å². The minimum absolute atomic E-state index is 0.0432. The van der Waals surface area contributed by atoms with Gasteiger partial charge in [-0.2, -0.15) is 0 Å². The number of aliphatic hydroxyl groups is 2. The minimum atomic E-state index is -0.579. The van der Waals surface area contributed by atoms with Gasteiger partial charge < -0.3 is 32.3 Å². The van der Waals surface area contributed by atoms with Gasteiger partial charge in [-0.1, -0.05) is 142 Å². The molecule has 1 fully saturated rings. The third-order valence-corrected chi connectivity index (χ3v) is 13.1. The number of piperazine rings is 1. The summed E-state index contributed by atoms with van der Waals surface area (Å²) >= 11 is 0. The van der Waals surface area contributed by atoms with Crippen molar-refractivity contribution in [2.75, 3.05) is 39.3 Å². The lowest BCUT2D eigenvalue weighted by Gasteiger charge is -2.42. The second kappa shape index (κ2) is 40.7. The molecular weight excluding hydrogens is 773 g/mol. The van der Waals surface area contributed by atoms with Crippen LogP contribution in [0.15, 0.2) is 24.3 Å². The monoisotopic (exact) mass is 875 g/mol. The molecule has 0 aromatic heterocycles. The van der Waals surface area contributed by atoms with E-state index >= 15 is 0 Å². The van der Waals surface area contributed by atoms with Gasteiger partial charge in [-0.05, 0) is 102 Å². The van der Waals surface area contributed by atoms with E-state index < -0.39 is 12.2 Å². The number of rotatable bonds is 42. The maximum atomic E-state index is 13.4. The molecule has 1 rings (SSSR count). The van der Waals surface area contributed by atoms with Crippen LogP contribution in [0, 0.1) is 11.8 Å². The van der Waals surface area contributed by atoms with Gasteiger partial charge in [0.15, 0.2) is 0 Å². The molecule has 0 aromatic rings. The number of carbonyl (C=O) groups excluding carboxylic acids is 2. The zero-order chi connectivity index (χ0) is 45.5. The van der Waals surface area contributed by atoms with Crippen molar-refractivity contribution in [2.24, 2.45) is 23.3 Å². The summed E-state index contributed by atoms with van der Waals surface area (Å²) in [5.41, 5.74) is 11.6. The van der Waals surface area contributed by atoms with Crippen molar-refractivity contribution in [1.82, 2.24) is 20.4 Å². The van der Waals surface area contributed by atoms with Crippen molar-refractivity contribution in [3.05, 3.63) is 24.3 Å². The molecule has 0 radical (unpaired) electrons. The van der Waals surface area contributed by atoms with E-state index in [1.54, 1.807) is 0 Å². The lowest BCUT2D eigenvalue weighted by Crippen LogP contribution is -2.59. The van der Waals surface area contributed by atoms with Crippen LogP contribution in [0.25, 0.3) is 0 Å². The fourth-order valence-corrected chi connectivity index (χ4v) is 9.15. The van der Waals surface area contributed by atoms with Crippen LogP contribution in [0.4, 0.5) is 0 Å².